The maximum absolute atomic E-state index is 13.7. The Hall–Kier alpha value is -4.19. The van der Waals surface area contributed by atoms with Gasteiger partial charge in [-0.1, -0.05) is 54.6 Å². The van der Waals surface area contributed by atoms with Crippen LogP contribution in [0.15, 0.2) is 102 Å². The van der Waals surface area contributed by atoms with Crippen molar-refractivity contribution in [2.45, 2.75) is 25.2 Å². The van der Waals surface area contributed by atoms with Gasteiger partial charge in [0, 0.05) is 41.4 Å². The molecule has 3 unspecified atom stereocenters. The second-order valence-corrected chi connectivity index (χ2v) is 8.87. The van der Waals surface area contributed by atoms with E-state index in [9.17, 15) is 9.59 Å². The summed E-state index contributed by atoms with van der Waals surface area (Å²) >= 11 is 0. The number of rotatable bonds is 5. The van der Waals surface area contributed by atoms with E-state index >= 15 is 0 Å². The highest BCUT2D eigenvalue weighted by molar-refractivity contribution is 6.06. The average molecular weight is 466 g/mol. The van der Waals surface area contributed by atoms with E-state index in [-0.39, 0.29) is 17.6 Å². The van der Waals surface area contributed by atoms with Crippen molar-refractivity contribution in [2.24, 2.45) is 5.92 Å². The SMILES string of the molecule is COc1cccc(C2C(C(=O)Nc3ccccn3)=C(C)NC3=CC(c4ccccc4)CC(=O)C32)c1. The van der Waals surface area contributed by atoms with Crippen molar-refractivity contribution in [2.75, 3.05) is 12.4 Å². The van der Waals surface area contributed by atoms with E-state index in [1.54, 1.807) is 25.4 Å². The first-order chi connectivity index (χ1) is 17.0. The molecule has 2 aromatic carbocycles. The highest BCUT2D eigenvalue weighted by Gasteiger charge is 2.44. The number of nitrogens with one attached hydrogen (secondary N) is 2. The zero-order valence-electron chi connectivity index (χ0n) is 19.7. The number of carbonyl (C=O) groups is 2. The van der Waals surface area contributed by atoms with Crippen LogP contribution in [-0.2, 0) is 9.59 Å². The fourth-order valence-electron chi connectivity index (χ4n) is 5.11. The number of hydrogen-bond donors (Lipinski definition) is 2. The summed E-state index contributed by atoms with van der Waals surface area (Å²) in [7, 11) is 1.61. The molecule has 0 spiro atoms. The highest BCUT2D eigenvalue weighted by Crippen LogP contribution is 2.46. The summed E-state index contributed by atoms with van der Waals surface area (Å²) in [5.41, 5.74) is 4.05. The summed E-state index contributed by atoms with van der Waals surface area (Å²) in [6.07, 6.45) is 4.16. The van der Waals surface area contributed by atoms with Gasteiger partial charge in [-0.25, -0.2) is 4.98 Å². The molecule has 2 heterocycles. The number of ether oxygens (including phenoxy) is 1. The van der Waals surface area contributed by atoms with Gasteiger partial charge in [-0.2, -0.15) is 0 Å². The van der Waals surface area contributed by atoms with Crippen molar-refractivity contribution < 1.29 is 14.3 Å². The second kappa shape index (κ2) is 9.58. The zero-order valence-corrected chi connectivity index (χ0v) is 19.7. The van der Waals surface area contributed by atoms with Crippen LogP contribution in [0, 0.1) is 5.92 Å². The fraction of sp³-hybridized carbons (Fsp3) is 0.207. The Balaban J connectivity index is 1.60. The molecule has 0 saturated carbocycles. The van der Waals surface area contributed by atoms with Crippen LogP contribution in [0.25, 0.3) is 0 Å². The average Bonchev–Trinajstić information content (AvgIpc) is 2.88. The van der Waals surface area contributed by atoms with Crippen molar-refractivity contribution >= 4 is 17.5 Å². The minimum Gasteiger partial charge on any atom is -0.497 e. The van der Waals surface area contributed by atoms with E-state index in [4.69, 9.17) is 4.74 Å². The Bertz CT molecular complexity index is 1320. The van der Waals surface area contributed by atoms with Crippen LogP contribution in [0.1, 0.15) is 36.3 Å². The van der Waals surface area contributed by atoms with E-state index in [1.807, 2.05) is 67.6 Å². The first-order valence-corrected chi connectivity index (χ1v) is 11.7. The standard InChI is InChI=1S/C29H27N3O3/c1-18-26(29(34)32-25-13-6-7-14-30-25)27(20-11-8-12-22(15-20)35-2)28-23(31-18)16-21(17-24(28)33)19-9-4-3-5-10-19/h3-16,21,27-28,31H,17H2,1-2H3,(H,30,32,34). The Labute approximate surface area is 204 Å². The number of carbonyl (C=O) groups excluding carboxylic acids is 2. The number of methoxy groups -OCH3 is 1. The van der Waals surface area contributed by atoms with Gasteiger partial charge in [0.15, 0.2) is 0 Å². The molecule has 176 valence electrons. The van der Waals surface area contributed by atoms with Gasteiger partial charge in [0.1, 0.15) is 17.4 Å². The molecule has 2 aliphatic rings. The smallest absolute Gasteiger partial charge is 0.255 e. The molecule has 1 amide bonds. The number of anilines is 1. The number of Topliss-reactive ketones (excluding diaryl/α,β-unsaturated/α-hetero) is 1. The largest absolute Gasteiger partial charge is 0.497 e. The number of fused-ring (bicyclic) bond motifs is 1. The summed E-state index contributed by atoms with van der Waals surface area (Å²) in [6.45, 7) is 1.88. The molecule has 6 heteroatoms. The molecule has 3 aromatic rings. The molecule has 0 saturated heterocycles. The van der Waals surface area contributed by atoms with Crippen LogP contribution in [0.4, 0.5) is 5.82 Å². The van der Waals surface area contributed by atoms with Gasteiger partial charge in [0.05, 0.1) is 13.0 Å². The zero-order chi connectivity index (χ0) is 24.4. The maximum Gasteiger partial charge on any atom is 0.255 e. The number of pyridine rings is 1. The van der Waals surface area contributed by atoms with Crippen LogP contribution in [0.2, 0.25) is 0 Å². The number of ketones is 1. The van der Waals surface area contributed by atoms with Gasteiger partial charge in [0.25, 0.3) is 5.91 Å². The number of nitrogens with zero attached hydrogens (tertiary/aromatic N) is 1. The molecule has 1 aliphatic heterocycles. The third-order valence-electron chi connectivity index (χ3n) is 6.70. The Morgan fingerprint density at radius 3 is 2.51 bits per heavy atom. The molecular weight excluding hydrogens is 438 g/mol. The Morgan fingerprint density at radius 2 is 1.77 bits per heavy atom. The van der Waals surface area contributed by atoms with Crippen molar-refractivity contribution in [3.05, 3.63) is 113 Å². The minimum atomic E-state index is -0.491. The third kappa shape index (κ3) is 4.47. The van der Waals surface area contributed by atoms with Gasteiger partial charge < -0.3 is 15.4 Å². The second-order valence-electron chi connectivity index (χ2n) is 8.87. The molecule has 5 rings (SSSR count). The Kier molecular flexibility index (Phi) is 6.19. The van der Waals surface area contributed by atoms with Gasteiger partial charge in [-0.15, -0.1) is 0 Å². The Morgan fingerprint density at radius 1 is 1.00 bits per heavy atom. The van der Waals surface area contributed by atoms with E-state index in [0.717, 1.165) is 22.5 Å². The van der Waals surface area contributed by atoms with E-state index in [2.05, 4.69) is 21.7 Å². The fourth-order valence-corrected chi connectivity index (χ4v) is 5.11. The maximum atomic E-state index is 13.7. The monoisotopic (exact) mass is 465 g/mol. The number of amides is 1. The van der Waals surface area contributed by atoms with Crippen LogP contribution < -0.4 is 15.4 Å². The van der Waals surface area contributed by atoms with Crippen molar-refractivity contribution in [1.82, 2.24) is 10.3 Å². The predicted molar refractivity (Wildman–Crippen MR) is 135 cm³/mol. The molecular formula is C29H27N3O3. The van der Waals surface area contributed by atoms with E-state index in [1.165, 1.54) is 0 Å². The predicted octanol–water partition coefficient (Wildman–Crippen LogP) is 4.95. The molecule has 6 nitrogen and oxygen atoms in total. The number of aromatic nitrogens is 1. The molecule has 2 N–H and O–H groups in total. The molecule has 0 radical (unpaired) electrons. The topological polar surface area (TPSA) is 80.3 Å². The highest BCUT2D eigenvalue weighted by atomic mass is 16.5. The van der Waals surface area contributed by atoms with Crippen LogP contribution in [-0.4, -0.2) is 23.8 Å². The summed E-state index contributed by atoms with van der Waals surface area (Å²) < 4.78 is 5.46. The molecule has 3 atom stereocenters. The number of allylic oxidation sites excluding steroid dienone is 3. The summed E-state index contributed by atoms with van der Waals surface area (Å²) in [5.74, 6) is 0.0125. The molecule has 1 aliphatic carbocycles. The molecule has 0 fully saturated rings. The van der Waals surface area contributed by atoms with Crippen molar-refractivity contribution in [1.29, 1.82) is 0 Å². The van der Waals surface area contributed by atoms with Crippen LogP contribution >= 0.6 is 0 Å². The lowest BCUT2D eigenvalue weighted by molar-refractivity contribution is -0.123. The number of hydrogen-bond acceptors (Lipinski definition) is 5. The summed E-state index contributed by atoms with van der Waals surface area (Å²) in [6, 6.07) is 23.0. The lowest BCUT2D eigenvalue weighted by atomic mass is 9.68. The number of benzene rings is 2. The van der Waals surface area contributed by atoms with Gasteiger partial charge >= 0.3 is 0 Å². The first-order valence-electron chi connectivity index (χ1n) is 11.7. The quantitative estimate of drug-likeness (QED) is 0.558. The van der Waals surface area contributed by atoms with E-state index in [0.29, 0.717) is 23.6 Å². The molecule has 35 heavy (non-hydrogen) atoms. The lowest BCUT2D eigenvalue weighted by Crippen LogP contribution is -2.42. The normalized spacial score (nSPS) is 21.5. The third-order valence-corrected chi connectivity index (χ3v) is 6.70. The van der Waals surface area contributed by atoms with Gasteiger partial charge in [0.2, 0.25) is 0 Å². The van der Waals surface area contributed by atoms with Crippen molar-refractivity contribution in [3.8, 4) is 5.75 Å². The van der Waals surface area contributed by atoms with Gasteiger partial charge in [-0.05, 0) is 42.3 Å². The first kappa shape index (κ1) is 22.6. The minimum absolute atomic E-state index is 0.00916. The summed E-state index contributed by atoms with van der Waals surface area (Å²) in [5, 5.41) is 6.31. The lowest BCUT2D eigenvalue weighted by Gasteiger charge is -2.40. The van der Waals surface area contributed by atoms with E-state index < -0.39 is 11.8 Å². The van der Waals surface area contributed by atoms with Crippen LogP contribution in [0.5, 0.6) is 5.75 Å². The summed E-state index contributed by atoms with van der Waals surface area (Å²) in [4.78, 5) is 31.5. The van der Waals surface area contributed by atoms with Crippen molar-refractivity contribution in [3.63, 3.8) is 0 Å². The molecule has 1 aromatic heterocycles. The van der Waals surface area contributed by atoms with Gasteiger partial charge in [-0.3, -0.25) is 9.59 Å². The molecule has 0 bridgehead atoms. The van der Waals surface area contributed by atoms with Crippen LogP contribution in [0.3, 0.4) is 0 Å².